The molecule has 2 aromatic rings. The highest BCUT2D eigenvalue weighted by atomic mass is 32.2. The molecule has 1 fully saturated rings. The van der Waals surface area contributed by atoms with Gasteiger partial charge in [-0.25, -0.2) is 4.98 Å². The van der Waals surface area contributed by atoms with Crippen LogP contribution in [-0.2, 0) is 11.2 Å². The number of ketones is 1. The molecular weight excluding hydrogens is 430 g/mol. The molecule has 0 aliphatic heterocycles. The topological polar surface area (TPSA) is 88.2 Å². The van der Waals surface area contributed by atoms with Crippen molar-refractivity contribution in [2.24, 2.45) is 5.92 Å². The molecule has 2 aliphatic carbocycles. The van der Waals surface area contributed by atoms with Gasteiger partial charge in [-0.15, -0.1) is 11.8 Å². The SMILES string of the molecule is O=C(CSc1ccccc1C(=O)Nc1nc2c(s1)C(=O)CCC2)NCC1CCCCC1. The average molecular weight is 458 g/mol. The first-order valence-electron chi connectivity index (χ1n) is 10.9. The molecule has 2 aliphatic rings. The monoisotopic (exact) mass is 457 g/mol. The first-order valence-corrected chi connectivity index (χ1v) is 12.7. The highest BCUT2D eigenvalue weighted by Gasteiger charge is 2.23. The van der Waals surface area contributed by atoms with E-state index in [4.69, 9.17) is 0 Å². The van der Waals surface area contributed by atoms with Crippen LogP contribution in [0.5, 0.6) is 0 Å². The molecule has 0 bridgehead atoms. The molecule has 1 saturated carbocycles. The predicted octanol–water partition coefficient (Wildman–Crippen LogP) is 4.70. The zero-order valence-corrected chi connectivity index (χ0v) is 19.1. The summed E-state index contributed by atoms with van der Waals surface area (Å²) in [6.45, 7) is 0.745. The standard InChI is InChI=1S/C23H27N3O3S2/c27-18-11-6-10-17-21(18)31-23(25-17)26-22(29)16-9-4-5-12-19(16)30-14-20(28)24-13-15-7-2-1-3-8-15/h4-5,9,12,15H,1-3,6-8,10-11,13-14H2,(H,24,28)(H,25,26,29). The van der Waals surface area contributed by atoms with Crippen molar-refractivity contribution in [2.75, 3.05) is 17.6 Å². The lowest BCUT2D eigenvalue weighted by Gasteiger charge is -2.21. The molecular formula is C23H27N3O3S2. The highest BCUT2D eigenvalue weighted by molar-refractivity contribution is 8.00. The maximum absolute atomic E-state index is 12.9. The van der Waals surface area contributed by atoms with Gasteiger partial charge >= 0.3 is 0 Å². The van der Waals surface area contributed by atoms with E-state index in [1.807, 2.05) is 12.1 Å². The third-order valence-electron chi connectivity index (χ3n) is 5.79. The molecule has 0 saturated heterocycles. The maximum Gasteiger partial charge on any atom is 0.258 e. The number of fused-ring (bicyclic) bond motifs is 1. The number of aryl methyl sites for hydroxylation is 1. The van der Waals surface area contributed by atoms with Gasteiger partial charge in [0.1, 0.15) is 0 Å². The Bertz CT molecular complexity index is 967. The number of carbonyl (C=O) groups excluding carboxylic acids is 3. The highest BCUT2D eigenvalue weighted by Crippen LogP contribution is 2.31. The summed E-state index contributed by atoms with van der Waals surface area (Å²) in [6.07, 6.45) is 8.34. The van der Waals surface area contributed by atoms with E-state index in [2.05, 4.69) is 15.6 Å². The van der Waals surface area contributed by atoms with Crippen LogP contribution < -0.4 is 10.6 Å². The summed E-state index contributed by atoms with van der Waals surface area (Å²) in [6, 6.07) is 7.26. The number of rotatable bonds is 7. The van der Waals surface area contributed by atoms with Gasteiger partial charge in [-0.2, -0.15) is 0 Å². The van der Waals surface area contributed by atoms with E-state index >= 15 is 0 Å². The number of carbonyl (C=O) groups is 3. The second-order valence-electron chi connectivity index (χ2n) is 8.12. The van der Waals surface area contributed by atoms with Crippen molar-refractivity contribution in [3.05, 3.63) is 40.4 Å². The van der Waals surface area contributed by atoms with Gasteiger partial charge in [0.25, 0.3) is 5.91 Å². The van der Waals surface area contributed by atoms with Crippen LogP contribution in [0.25, 0.3) is 0 Å². The molecule has 164 valence electrons. The predicted molar refractivity (Wildman–Crippen MR) is 124 cm³/mol. The van der Waals surface area contributed by atoms with Crippen LogP contribution in [0.15, 0.2) is 29.2 Å². The van der Waals surface area contributed by atoms with Crippen molar-refractivity contribution in [2.45, 2.75) is 56.3 Å². The van der Waals surface area contributed by atoms with Gasteiger partial charge in [-0.3, -0.25) is 19.7 Å². The Morgan fingerprint density at radius 2 is 1.90 bits per heavy atom. The number of anilines is 1. The van der Waals surface area contributed by atoms with Crippen molar-refractivity contribution in [3.8, 4) is 0 Å². The average Bonchev–Trinajstić information content (AvgIpc) is 3.21. The number of benzene rings is 1. The Balaban J connectivity index is 1.34. The number of nitrogens with zero attached hydrogens (tertiary/aromatic N) is 1. The molecule has 1 aromatic carbocycles. The summed E-state index contributed by atoms with van der Waals surface area (Å²) in [5.74, 6) is 0.698. The molecule has 0 radical (unpaired) electrons. The van der Waals surface area contributed by atoms with Crippen LogP contribution in [0.4, 0.5) is 5.13 Å². The quantitative estimate of drug-likeness (QED) is 0.588. The zero-order valence-electron chi connectivity index (χ0n) is 17.4. The van der Waals surface area contributed by atoms with Gasteiger partial charge in [0, 0.05) is 17.9 Å². The van der Waals surface area contributed by atoms with Crippen molar-refractivity contribution >= 4 is 45.8 Å². The summed E-state index contributed by atoms with van der Waals surface area (Å²) in [7, 11) is 0. The van der Waals surface area contributed by atoms with E-state index in [-0.39, 0.29) is 23.4 Å². The second kappa shape index (κ2) is 10.4. The first-order chi connectivity index (χ1) is 15.1. The molecule has 6 nitrogen and oxygen atoms in total. The van der Waals surface area contributed by atoms with E-state index in [9.17, 15) is 14.4 Å². The zero-order chi connectivity index (χ0) is 21.6. The fourth-order valence-corrected chi connectivity index (χ4v) is 5.96. The molecule has 8 heteroatoms. The summed E-state index contributed by atoms with van der Waals surface area (Å²) in [5, 5.41) is 6.33. The minimum Gasteiger partial charge on any atom is -0.355 e. The Hall–Kier alpha value is -2.19. The number of nitrogens with one attached hydrogen (secondary N) is 2. The Kier molecular flexibility index (Phi) is 7.40. The van der Waals surface area contributed by atoms with Crippen LogP contribution in [0.1, 0.15) is 70.7 Å². The van der Waals surface area contributed by atoms with Crippen molar-refractivity contribution < 1.29 is 14.4 Å². The minimum atomic E-state index is -0.274. The lowest BCUT2D eigenvalue weighted by molar-refractivity contribution is -0.118. The number of hydrogen-bond acceptors (Lipinski definition) is 6. The molecule has 1 aromatic heterocycles. The Morgan fingerprint density at radius 1 is 1.10 bits per heavy atom. The second-order valence-corrected chi connectivity index (χ2v) is 10.1. The normalized spacial score (nSPS) is 16.6. The largest absolute Gasteiger partial charge is 0.355 e. The van der Waals surface area contributed by atoms with Gasteiger partial charge in [0.2, 0.25) is 5.91 Å². The number of thiazole rings is 1. The van der Waals surface area contributed by atoms with Gasteiger partial charge in [0.15, 0.2) is 10.9 Å². The minimum absolute atomic E-state index is 0.00287. The third-order valence-corrected chi connectivity index (χ3v) is 7.92. The summed E-state index contributed by atoms with van der Waals surface area (Å²) in [5.41, 5.74) is 1.29. The van der Waals surface area contributed by atoms with Crippen LogP contribution in [0, 0.1) is 5.92 Å². The maximum atomic E-state index is 12.9. The fraction of sp³-hybridized carbons (Fsp3) is 0.478. The van der Waals surface area contributed by atoms with E-state index in [1.165, 1.54) is 55.2 Å². The number of amides is 2. The molecule has 1 heterocycles. The van der Waals surface area contributed by atoms with Gasteiger partial charge in [-0.1, -0.05) is 42.7 Å². The van der Waals surface area contributed by atoms with Crippen molar-refractivity contribution in [1.82, 2.24) is 10.3 Å². The van der Waals surface area contributed by atoms with Gasteiger partial charge in [-0.05, 0) is 43.7 Å². The Labute approximate surface area is 190 Å². The van der Waals surface area contributed by atoms with Gasteiger partial charge < -0.3 is 5.32 Å². The fourth-order valence-electron chi connectivity index (χ4n) is 4.11. The smallest absolute Gasteiger partial charge is 0.258 e. The van der Waals surface area contributed by atoms with E-state index in [0.717, 1.165) is 30.0 Å². The van der Waals surface area contributed by atoms with Crippen LogP contribution >= 0.6 is 23.1 Å². The van der Waals surface area contributed by atoms with E-state index in [0.29, 0.717) is 27.9 Å². The number of hydrogen-bond donors (Lipinski definition) is 2. The third kappa shape index (κ3) is 5.74. The summed E-state index contributed by atoms with van der Waals surface area (Å²) < 4.78 is 0. The summed E-state index contributed by atoms with van der Waals surface area (Å²) in [4.78, 5) is 43.0. The molecule has 0 spiro atoms. The number of Topliss-reactive ketones (excluding diaryl/α,β-unsaturated/α-hetero) is 1. The molecule has 2 amide bonds. The molecule has 4 rings (SSSR count). The Morgan fingerprint density at radius 3 is 2.71 bits per heavy atom. The van der Waals surface area contributed by atoms with Crippen LogP contribution in [0.2, 0.25) is 0 Å². The first kappa shape index (κ1) is 22.0. The number of thioether (sulfide) groups is 1. The van der Waals surface area contributed by atoms with Gasteiger partial charge in [0.05, 0.1) is 21.9 Å². The van der Waals surface area contributed by atoms with Crippen LogP contribution in [-0.4, -0.2) is 34.9 Å². The van der Waals surface area contributed by atoms with E-state index < -0.39 is 0 Å². The van der Waals surface area contributed by atoms with Crippen molar-refractivity contribution in [1.29, 1.82) is 0 Å². The molecule has 0 unspecified atom stereocenters. The van der Waals surface area contributed by atoms with Crippen LogP contribution in [0.3, 0.4) is 0 Å². The number of aromatic nitrogens is 1. The van der Waals surface area contributed by atoms with Crippen molar-refractivity contribution in [3.63, 3.8) is 0 Å². The summed E-state index contributed by atoms with van der Waals surface area (Å²) >= 11 is 2.61. The molecule has 2 N–H and O–H groups in total. The lowest BCUT2D eigenvalue weighted by atomic mass is 9.89. The lowest BCUT2D eigenvalue weighted by Crippen LogP contribution is -2.31. The molecule has 31 heavy (non-hydrogen) atoms. The molecule has 0 atom stereocenters. The van der Waals surface area contributed by atoms with E-state index in [1.54, 1.807) is 12.1 Å².